The quantitative estimate of drug-likeness (QED) is 0.433. The Morgan fingerprint density at radius 2 is 2.11 bits per heavy atom. The fourth-order valence-electron chi connectivity index (χ4n) is 2.42. The number of benzene rings is 1. The molecule has 0 radical (unpaired) electrons. The molecule has 0 bridgehead atoms. The number of halogens is 2. The summed E-state index contributed by atoms with van der Waals surface area (Å²) in [5, 5.41) is 5.66. The number of thiazole rings is 1. The van der Waals surface area contributed by atoms with Crippen molar-refractivity contribution in [3.8, 4) is 5.75 Å². The first kappa shape index (κ1) is 21.1. The summed E-state index contributed by atoms with van der Waals surface area (Å²) in [6.45, 7) is 1.65. The van der Waals surface area contributed by atoms with Gasteiger partial charge in [-0.25, -0.2) is 4.98 Å². The van der Waals surface area contributed by atoms with Crippen LogP contribution in [0.2, 0.25) is 10.0 Å². The molecule has 3 rings (SSSR count). The van der Waals surface area contributed by atoms with Gasteiger partial charge in [0.25, 0.3) is 5.91 Å². The average molecular weight is 457 g/mol. The normalized spacial score (nSPS) is 10.8. The molecule has 0 atom stereocenters. The van der Waals surface area contributed by atoms with Gasteiger partial charge in [0.1, 0.15) is 17.4 Å². The summed E-state index contributed by atoms with van der Waals surface area (Å²) in [5.41, 5.74) is 0.807. The minimum Gasteiger partial charge on any atom is -0.485 e. The summed E-state index contributed by atoms with van der Waals surface area (Å²) in [7, 11) is 1.62. The van der Waals surface area contributed by atoms with Crippen molar-refractivity contribution in [3.05, 3.63) is 66.7 Å². The molecule has 9 heteroatoms. The smallest absolute Gasteiger partial charge is 0.264 e. The Balaban J connectivity index is 1.64. The van der Waals surface area contributed by atoms with Crippen LogP contribution in [0.5, 0.6) is 5.75 Å². The minimum absolute atomic E-state index is 0.0245. The van der Waals surface area contributed by atoms with E-state index in [1.54, 1.807) is 30.2 Å². The van der Waals surface area contributed by atoms with Gasteiger partial charge in [-0.3, -0.25) is 4.79 Å². The maximum atomic E-state index is 12.7. The number of thiophene rings is 1. The number of nitrogens with zero attached hydrogens (tertiary/aromatic N) is 2. The molecule has 0 saturated carbocycles. The highest BCUT2D eigenvalue weighted by Crippen LogP contribution is 2.28. The summed E-state index contributed by atoms with van der Waals surface area (Å²) in [6.07, 6.45) is 0. The third kappa shape index (κ3) is 5.68. The molecule has 0 fully saturated rings. The summed E-state index contributed by atoms with van der Waals surface area (Å²) < 4.78 is 10.9. The fourth-order valence-corrected chi connectivity index (χ4v) is 4.14. The molecule has 0 unspecified atom stereocenters. The van der Waals surface area contributed by atoms with Gasteiger partial charge < -0.3 is 14.4 Å². The second-order valence-corrected chi connectivity index (χ2v) is 8.53. The lowest BCUT2D eigenvalue weighted by Crippen LogP contribution is -2.33. The lowest BCUT2D eigenvalue weighted by Gasteiger charge is -2.20. The first-order valence-corrected chi connectivity index (χ1v) is 10.9. The van der Waals surface area contributed by atoms with E-state index in [-0.39, 0.29) is 12.5 Å². The maximum Gasteiger partial charge on any atom is 0.264 e. The minimum atomic E-state index is -0.0245. The Morgan fingerprint density at radius 3 is 2.86 bits per heavy atom. The average Bonchev–Trinajstić information content (AvgIpc) is 3.37. The zero-order chi connectivity index (χ0) is 19.9. The number of methoxy groups -OCH3 is 1. The first-order valence-electron chi connectivity index (χ1n) is 8.39. The van der Waals surface area contributed by atoms with E-state index in [1.807, 2.05) is 22.9 Å². The molecule has 2 aromatic heterocycles. The van der Waals surface area contributed by atoms with Crippen molar-refractivity contribution in [2.75, 3.05) is 20.3 Å². The zero-order valence-corrected chi connectivity index (χ0v) is 18.2. The molecule has 0 spiro atoms. The molecule has 0 aliphatic carbocycles. The molecule has 1 aromatic carbocycles. The van der Waals surface area contributed by atoms with E-state index in [1.165, 1.54) is 22.7 Å². The van der Waals surface area contributed by atoms with Crippen LogP contribution in [0.1, 0.15) is 20.4 Å². The van der Waals surface area contributed by atoms with E-state index in [2.05, 4.69) is 4.98 Å². The molecule has 28 heavy (non-hydrogen) atoms. The number of ether oxygens (including phenoxy) is 2. The van der Waals surface area contributed by atoms with Crippen molar-refractivity contribution in [2.45, 2.75) is 13.2 Å². The Labute approximate surface area is 181 Å². The van der Waals surface area contributed by atoms with Crippen LogP contribution in [0.25, 0.3) is 0 Å². The number of rotatable bonds is 9. The van der Waals surface area contributed by atoms with Gasteiger partial charge in [0.15, 0.2) is 0 Å². The SMILES string of the molecule is COCCN(Cc1csc(COc2cc(Cl)ccc2Cl)n1)C(=O)c1cccs1. The van der Waals surface area contributed by atoms with Gasteiger partial charge in [-0.15, -0.1) is 22.7 Å². The van der Waals surface area contributed by atoms with Gasteiger partial charge in [0.2, 0.25) is 0 Å². The van der Waals surface area contributed by atoms with Crippen LogP contribution in [0.15, 0.2) is 41.1 Å². The molecule has 148 valence electrons. The lowest BCUT2D eigenvalue weighted by atomic mass is 10.3. The van der Waals surface area contributed by atoms with E-state index in [9.17, 15) is 4.79 Å². The van der Waals surface area contributed by atoms with Gasteiger partial charge >= 0.3 is 0 Å². The highest BCUT2D eigenvalue weighted by Gasteiger charge is 2.18. The molecular formula is C19H18Cl2N2O3S2. The van der Waals surface area contributed by atoms with E-state index < -0.39 is 0 Å². The highest BCUT2D eigenvalue weighted by molar-refractivity contribution is 7.12. The summed E-state index contributed by atoms with van der Waals surface area (Å²) in [6, 6.07) is 8.76. The van der Waals surface area contributed by atoms with Gasteiger partial charge in [-0.2, -0.15) is 0 Å². The van der Waals surface area contributed by atoms with Crippen LogP contribution >= 0.6 is 45.9 Å². The van der Waals surface area contributed by atoms with Crippen LogP contribution in [0, 0.1) is 0 Å². The monoisotopic (exact) mass is 456 g/mol. The topological polar surface area (TPSA) is 51.7 Å². The van der Waals surface area contributed by atoms with Gasteiger partial charge in [0, 0.05) is 30.1 Å². The molecule has 1 amide bonds. The van der Waals surface area contributed by atoms with Crippen LogP contribution in [-0.2, 0) is 17.9 Å². The number of carbonyl (C=O) groups is 1. The van der Waals surface area contributed by atoms with Gasteiger partial charge in [0.05, 0.1) is 28.7 Å². The molecule has 5 nitrogen and oxygen atoms in total. The van der Waals surface area contributed by atoms with Crippen molar-refractivity contribution >= 4 is 51.8 Å². The van der Waals surface area contributed by atoms with Crippen molar-refractivity contribution in [2.24, 2.45) is 0 Å². The largest absolute Gasteiger partial charge is 0.485 e. The first-order chi connectivity index (χ1) is 13.6. The van der Waals surface area contributed by atoms with Crippen molar-refractivity contribution in [1.82, 2.24) is 9.88 Å². The van der Waals surface area contributed by atoms with E-state index in [0.29, 0.717) is 40.4 Å². The maximum absolute atomic E-state index is 12.7. The van der Waals surface area contributed by atoms with Crippen molar-refractivity contribution < 1.29 is 14.3 Å². The summed E-state index contributed by atoms with van der Waals surface area (Å²) >= 11 is 15.0. The second kappa shape index (κ2) is 10.2. The lowest BCUT2D eigenvalue weighted by molar-refractivity contribution is 0.0683. The number of hydrogen-bond donors (Lipinski definition) is 0. The molecule has 0 N–H and O–H groups in total. The van der Waals surface area contributed by atoms with E-state index >= 15 is 0 Å². The Bertz CT molecular complexity index is 916. The second-order valence-electron chi connectivity index (χ2n) is 5.79. The molecule has 0 aliphatic heterocycles. The Kier molecular flexibility index (Phi) is 7.70. The van der Waals surface area contributed by atoms with E-state index in [4.69, 9.17) is 32.7 Å². The predicted octanol–water partition coefficient (Wildman–Crippen LogP) is 5.38. The van der Waals surface area contributed by atoms with Crippen molar-refractivity contribution in [1.29, 1.82) is 0 Å². The van der Waals surface area contributed by atoms with Crippen molar-refractivity contribution in [3.63, 3.8) is 0 Å². The van der Waals surface area contributed by atoms with Crippen LogP contribution in [0.3, 0.4) is 0 Å². The zero-order valence-electron chi connectivity index (χ0n) is 15.1. The number of amides is 1. The number of hydrogen-bond acceptors (Lipinski definition) is 6. The summed E-state index contributed by atoms with van der Waals surface area (Å²) in [5.74, 6) is 0.490. The van der Waals surface area contributed by atoms with E-state index in [0.717, 1.165) is 10.7 Å². The standard InChI is InChI=1S/C19H18Cl2N2O3S2/c1-25-7-6-23(19(24)17-3-2-8-27-17)10-14-12-28-18(22-14)11-26-16-9-13(20)4-5-15(16)21/h2-5,8-9,12H,6-7,10-11H2,1H3. The van der Waals surface area contributed by atoms with Gasteiger partial charge in [-0.05, 0) is 23.6 Å². The molecule has 2 heterocycles. The molecule has 3 aromatic rings. The Hall–Kier alpha value is -1.64. The highest BCUT2D eigenvalue weighted by atomic mass is 35.5. The predicted molar refractivity (Wildman–Crippen MR) is 114 cm³/mol. The van der Waals surface area contributed by atoms with Crippen LogP contribution in [-0.4, -0.2) is 36.1 Å². The summed E-state index contributed by atoms with van der Waals surface area (Å²) in [4.78, 5) is 19.7. The number of aromatic nitrogens is 1. The van der Waals surface area contributed by atoms with Crippen LogP contribution in [0.4, 0.5) is 0 Å². The third-order valence-electron chi connectivity index (χ3n) is 3.78. The van der Waals surface area contributed by atoms with Gasteiger partial charge in [-0.1, -0.05) is 29.3 Å². The molecular weight excluding hydrogens is 439 g/mol. The molecule has 0 saturated heterocycles. The Morgan fingerprint density at radius 1 is 1.25 bits per heavy atom. The third-order valence-corrected chi connectivity index (χ3v) is 6.06. The molecule has 0 aliphatic rings. The number of carbonyl (C=O) groups excluding carboxylic acids is 1. The van der Waals surface area contributed by atoms with Crippen LogP contribution < -0.4 is 4.74 Å². The fraction of sp³-hybridized carbons (Fsp3) is 0.263.